The van der Waals surface area contributed by atoms with E-state index in [0.717, 1.165) is 25.0 Å². The number of hydrogen-bond acceptors (Lipinski definition) is 2. The van der Waals surface area contributed by atoms with Crippen molar-refractivity contribution < 1.29 is 9.84 Å². The van der Waals surface area contributed by atoms with Crippen molar-refractivity contribution in [2.75, 3.05) is 0 Å². The number of aryl methyl sites for hydroxylation is 1. The zero-order chi connectivity index (χ0) is 14.3. The van der Waals surface area contributed by atoms with Gasteiger partial charge in [-0.05, 0) is 42.9 Å². The summed E-state index contributed by atoms with van der Waals surface area (Å²) in [6.45, 7) is 6.52. The second-order valence-electron chi connectivity index (χ2n) is 6.98. The summed E-state index contributed by atoms with van der Waals surface area (Å²) in [6, 6.07) is 6.53. The smallest absolute Gasteiger partial charge is 0.122 e. The third-order valence-corrected chi connectivity index (χ3v) is 5.42. The van der Waals surface area contributed by atoms with Crippen molar-refractivity contribution in [2.45, 2.75) is 71.0 Å². The lowest BCUT2D eigenvalue weighted by molar-refractivity contribution is -0.152. The summed E-state index contributed by atoms with van der Waals surface area (Å²) in [5, 5.41) is 10.2. The Labute approximate surface area is 122 Å². The summed E-state index contributed by atoms with van der Waals surface area (Å²) in [4.78, 5) is 0. The van der Waals surface area contributed by atoms with Gasteiger partial charge in [-0.1, -0.05) is 38.8 Å². The predicted octanol–water partition coefficient (Wildman–Crippen LogP) is 4.19. The largest absolute Gasteiger partial charge is 0.489 e. The Morgan fingerprint density at radius 3 is 2.55 bits per heavy atom. The summed E-state index contributed by atoms with van der Waals surface area (Å²) in [7, 11) is 0. The van der Waals surface area contributed by atoms with Gasteiger partial charge in [-0.2, -0.15) is 0 Å². The van der Waals surface area contributed by atoms with E-state index in [0.29, 0.717) is 5.92 Å². The maximum absolute atomic E-state index is 10.2. The van der Waals surface area contributed by atoms with Gasteiger partial charge >= 0.3 is 0 Å². The second kappa shape index (κ2) is 5.07. The molecule has 0 aliphatic heterocycles. The maximum atomic E-state index is 10.2. The van der Waals surface area contributed by atoms with Crippen LogP contribution in [0.3, 0.4) is 0 Å². The number of rotatable bonds is 3. The quantitative estimate of drug-likeness (QED) is 0.895. The minimum Gasteiger partial charge on any atom is -0.489 e. The lowest BCUT2D eigenvalue weighted by atomic mass is 9.62. The van der Waals surface area contributed by atoms with Gasteiger partial charge in [0, 0.05) is 11.8 Å². The van der Waals surface area contributed by atoms with Gasteiger partial charge in [0.15, 0.2) is 0 Å². The minimum atomic E-state index is -0.149. The zero-order valence-electron chi connectivity index (χ0n) is 12.9. The summed E-state index contributed by atoms with van der Waals surface area (Å²) in [5.41, 5.74) is 2.58. The van der Waals surface area contributed by atoms with E-state index in [-0.39, 0.29) is 17.6 Å². The van der Waals surface area contributed by atoms with E-state index < -0.39 is 0 Å². The van der Waals surface area contributed by atoms with E-state index in [4.69, 9.17) is 4.74 Å². The number of benzene rings is 1. The van der Waals surface area contributed by atoms with Gasteiger partial charge in [0.1, 0.15) is 11.9 Å². The molecule has 2 aliphatic carbocycles. The first kappa shape index (κ1) is 13.9. The molecule has 0 radical (unpaired) electrons. The Morgan fingerprint density at radius 2 is 1.95 bits per heavy atom. The number of aliphatic hydroxyl groups excluding tert-OH is 1. The van der Waals surface area contributed by atoms with Gasteiger partial charge in [-0.15, -0.1) is 0 Å². The molecular weight excluding hydrogens is 248 g/mol. The van der Waals surface area contributed by atoms with Crippen LogP contribution in [-0.2, 0) is 0 Å². The SMILES string of the molecule is Cc1ccc(C(C)C)cc1OC1CC(O)C12CCCC2. The van der Waals surface area contributed by atoms with Crippen LogP contribution in [0.2, 0.25) is 0 Å². The van der Waals surface area contributed by atoms with Crippen LogP contribution in [-0.4, -0.2) is 17.3 Å². The first-order chi connectivity index (χ1) is 9.53. The molecule has 1 aromatic carbocycles. The van der Waals surface area contributed by atoms with Crippen molar-refractivity contribution >= 4 is 0 Å². The fourth-order valence-electron chi connectivity index (χ4n) is 3.84. The highest BCUT2D eigenvalue weighted by Crippen LogP contribution is 2.54. The molecule has 2 nitrogen and oxygen atoms in total. The van der Waals surface area contributed by atoms with Crippen LogP contribution in [0, 0.1) is 12.3 Å². The monoisotopic (exact) mass is 274 g/mol. The molecule has 2 atom stereocenters. The molecule has 1 spiro atoms. The van der Waals surface area contributed by atoms with Gasteiger partial charge in [0.05, 0.1) is 6.10 Å². The molecule has 2 fully saturated rings. The molecule has 110 valence electrons. The van der Waals surface area contributed by atoms with E-state index in [1.54, 1.807) is 0 Å². The molecule has 2 heteroatoms. The Morgan fingerprint density at radius 1 is 1.25 bits per heavy atom. The van der Waals surface area contributed by atoms with Gasteiger partial charge in [-0.25, -0.2) is 0 Å². The fraction of sp³-hybridized carbons (Fsp3) is 0.667. The molecule has 1 N–H and O–H groups in total. The Bertz CT molecular complexity index is 486. The Balaban J connectivity index is 1.80. The average Bonchev–Trinajstić information content (AvgIpc) is 2.92. The van der Waals surface area contributed by atoms with Gasteiger partial charge in [0.2, 0.25) is 0 Å². The molecule has 2 aliphatic rings. The minimum absolute atomic E-state index is 0.0558. The van der Waals surface area contributed by atoms with Crippen molar-refractivity contribution in [3.63, 3.8) is 0 Å². The van der Waals surface area contributed by atoms with E-state index >= 15 is 0 Å². The first-order valence-corrected chi connectivity index (χ1v) is 7.98. The first-order valence-electron chi connectivity index (χ1n) is 7.98. The van der Waals surface area contributed by atoms with Crippen LogP contribution < -0.4 is 4.74 Å². The van der Waals surface area contributed by atoms with Gasteiger partial charge in [-0.3, -0.25) is 0 Å². The fourth-order valence-corrected chi connectivity index (χ4v) is 3.84. The Kier molecular flexibility index (Phi) is 3.53. The van der Waals surface area contributed by atoms with E-state index in [9.17, 15) is 5.11 Å². The topological polar surface area (TPSA) is 29.5 Å². The molecule has 1 aromatic rings. The van der Waals surface area contributed by atoms with Gasteiger partial charge in [0.25, 0.3) is 0 Å². The van der Waals surface area contributed by atoms with Crippen LogP contribution in [0.4, 0.5) is 0 Å². The van der Waals surface area contributed by atoms with E-state index in [1.165, 1.54) is 24.0 Å². The molecule has 20 heavy (non-hydrogen) atoms. The van der Waals surface area contributed by atoms with Crippen LogP contribution in [0.15, 0.2) is 18.2 Å². The number of hydrogen-bond donors (Lipinski definition) is 1. The predicted molar refractivity (Wildman–Crippen MR) is 81.2 cm³/mol. The summed E-state index contributed by atoms with van der Waals surface area (Å²) >= 11 is 0. The third kappa shape index (κ3) is 2.14. The molecule has 0 bridgehead atoms. The maximum Gasteiger partial charge on any atom is 0.122 e. The van der Waals surface area contributed by atoms with E-state index in [2.05, 4.69) is 39.0 Å². The highest BCUT2D eigenvalue weighted by molar-refractivity contribution is 5.38. The Hall–Kier alpha value is -1.02. The normalized spacial score (nSPS) is 27.9. The molecule has 0 amide bonds. The highest BCUT2D eigenvalue weighted by atomic mass is 16.5. The van der Waals surface area contributed by atoms with Crippen LogP contribution in [0.1, 0.15) is 63.0 Å². The summed E-state index contributed by atoms with van der Waals surface area (Å²) in [5.74, 6) is 1.53. The molecular formula is C18H26O2. The summed E-state index contributed by atoms with van der Waals surface area (Å²) in [6.07, 6.45) is 5.59. The average molecular weight is 274 g/mol. The molecule has 2 saturated carbocycles. The standard InChI is InChI=1S/C18H26O2/c1-12(2)14-7-6-13(3)15(10-14)20-17-11-16(19)18(17)8-4-5-9-18/h6-7,10,12,16-17,19H,4-5,8-9,11H2,1-3H3. The van der Waals surface area contributed by atoms with E-state index in [1.807, 2.05) is 0 Å². The highest BCUT2D eigenvalue weighted by Gasteiger charge is 2.57. The summed E-state index contributed by atoms with van der Waals surface area (Å²) < 4.78 is 6.32. The molecule has 2 unspecified atom stereocenters. The number of ether oxygens (including phenoxy) is 1. The molecule has 0 aromatic heterocycles. The van der Waals surface area contributed by atoms with Crippen molar-refractivity contribution in [3.8, 4) is 5.75 Å². The van der Waals surface area contributed by atoms with Crippen molar-refractivity contribution in [2.24, 2.45) is 5.41 Å². The zero-order valence-corrected chi connectivity index (χ0v) is 12.9. The third-order valence-electron chi connectivity index (χ3n) is 5.42. The van der Waals surface area contributed by atoms with Crippen LogP contribution >= 0.6 is 0 Å². The van der Waals surface area contributed by atoms with Crippen molar-refractivity contribution in [3.05, 3.63) is 29.3 Å². The van der Waals surface area contributed by atoms with Crippen molar-refractivity contribution in [1.82, 2.24) is 0 Å². The number of aliphatic hydroxyl groups is 1. The van der Waals surface area contributed by atoms with Crippen LogP contribution in [0.25, 0.3) is 0 Å². The molecule has 0 heterocycles. The van der Waals surface area contributed by atoms with Gasteiger partial charge < -0.3 is 9.84 Å². The lowest BCUT2D eigenvalue weighted by Gasteiger charge is -2.51. The molecule has 0 saturated heterocycles. The lowest BCUT2D eigenvalue weighted by Crippen LogP contribution is -2.58. The van der Waals surface area contributed by atoms with Crippen molar-refractivity contribution in [1.29, 1.82) is 0 Å². The molecule has 3 rings (SSSR count). The van der Waals surface area contributed by atoms with Crippen LogP contribution in [0.5, 0.6) is 5.75 Å². The second-order valence-corrected chi connectivity index (χ2v) is 6.98.